The van der Waals surface area contributed by atoms with Gasteiger partial charge in [-0.1, -0.05) is 37.7 Å². The number of anilines is 1. The lowest BCUT2D eigenvalue weighted by Gasteiger charge is -2.06. The fourth-order valence-electron chi connectivity index (χ4n) is 1.80. The topological polar surface area (TPSA) is 85.8 Å². The number of aryl methyl sites for hydroxylation is 2. The third-order valence-electron chi connectivity index (χ3n) is 3.03. The lowest BCUT2D eigenvalue weighted by Crippen LogP contribution is -2.17. The number of carbonyl (C=O) groups excluding carboxylic acids is 1. The van der Waals surface area contributed by atoms with Crippen LogP contribution in [0.1, 0.15) is 25.2 Å². The summed E-state index contributed by atoms with van der Waals surface area (Å²) in [5, 5.41) is 11.3. The first kappa shape index (κ1) is 15.4. The Hall–Kier alpha value is -2.02. The maximum atomic E-state index is 11.9. The van der Waals surface area contributed by atoms with Crippen molar-refractivity contribution in [2.45, 2.75) is 31.8 Å². The maximum absolute atomic E-state index is 11.9. The first-order chi connectivity index (χ1) is 10.1. The zero-order valence-electron chi connectivity index (χ0n) is 12.2. The van der Waals surface area contributed by atoms with Gasteiger partial charge in [0.05, 0.1) is 5.75 Å². The Morgan fingerprint density at radius 2 is 1.95 bits per heavy atom. The molecule has 0 spiro atoms. The van der Waals surface area contributed by atoms with Gasteiger partial charge in [-0.15, -0.1) is 10.2 Å². The summed E-state index contributed by atoms with van der Waals surface area (Å²) in [6.45, 7) is 4.05. The molecule has 0 saturated carbocycles. The van der Waals surface area contributed by atoms with Gasteiger partial charge in [0.25, 0.3) is 0 Å². The fourth-order valence-corrected chi connectivity index (χ4v) is 2.47. The zero-order valence-corrected chi connectivity index (χ0v) is 13.0. The molecule has 1 aromatic heterocycles. The number of nitrogens with one attached hydrogen (secondary N) is 1. The van der Waals surface area contributed by atoms with Gasteiger partial charge < -0.3 is 11.2 Å². The quantitative estimate of drug-likeness (QED) is 0.628. The number of thioether (sulfide) groups is 1. The molecule has 1 heterocycles. The van der Waals surface area contributed by atoms with Crippen LogP contribution >= 0.6 is 11.8 Å². The summed E-state index contributed by atoms with van der Waals surface area (Å²) in [7, 11) is 0. The number of benzene rings is 1. The molecule has 6 nitrogen and oxygen atoms in total. The molecular formula is C14H19N5OS. The first-order valence-electron chi connectivity index (χ1n) is 6.85. The van der Waals surface area contributed by atoms with Gasteiger partial charge in [0.2, 0.25) is 11.1 Å². The van der Waals surface area contributed by atoms with Crippen molar-refractivity contribution >= 4 is 23.4 Å². The van der Waals surface area contributed by atoms with E-state index in [0.29, 0.717) is 17.4 Å². The van der Waals surface area contributed by atoms with E-state index in [1.165, 1.54) is 22.0 Å². The Labute approximate surface area is 128 Å². The molecule has 0 aliphatic rings. The van der Waals surface area contributed by atoms with Crippen molar-refractivity contribution < 1.29 is 4.79 Å². The predicted octanol–water partition coefficient (Wildman–Crippen LogP) is 1.85. The Morgan fingerprint density at radius 1 is 1.24 bits per heavy atom. The molecule has 3 N–H and O–H groups in total. The molecule has 2 aromatic rings. The van der Waals surface area contributed by atoms with Crippen LogP contribution in [-0.2, 0) is 17.6 Å². The van der Waals surface area contributed by atoms with Gasteiger partial charge in [0.15, 0.2) is 5.82 Å². The van der Waals surface area contributed by atoms with E-state index >= 15 is 0 Å². The first-order valence-corrected chi connectivity index (χ1v) is 7.83. The number of nitrogens with two attached hydrogens (primary N) is 1. The van der Waals surface area contributed by atoms with Gasteiger partial charge >= 0.3 is 0 Å². The summed E-state index contributed by atoms with van der Waals surface area (Å²) in [5.41, 5.74) is 2.03. The minimum atomic E-state index is -0.0923. The summed E-state index contributed by atoms with van der Waals surface area (Å²) >= 11 is 1.27. The summed E-state index contributed by atoms with van der Waals surface area (Å²) in [4.78, 5) is 11.9. The van der Waals surface area contributed by atoms with Crippen molar-refractivity contribution in [2.75, 3.05) is 16.9 Å². The minimum Gasteiger partial charge on any atom is -0.336 e. The highest BCUT2D eigenvalue weighted by Gasteiger charge is 2.11. The molecule has 2 rings (SSSR count). The highest BCUT2D eigenvalue weighted by atomic mass is 32.2. The molecule has 1 aromatic carbocycles. The number of hydrogen-bond acceptors (Lipinski definition) is 5. The SMILES string of the molecule is CCc1ccc(NC(=O)CSc2nnc(CC)n2N)cc1. The van der Waals surface area contributed by atoms with E-state index in [9.17, 15) is 4.79 Å². The largest absolute Gasteiger partial charge is 0.336 e. The van der Waals surface area contributed by atoms with E-state index in [4.69, 9.17) is 5.84 Å². The highest BCUT2D eigenvalue weighted by molar-refractivity contribution is 7.99. The van der Waals surface area contributed by atoms with E-state index < -0.39 is 0 Å². The van der Waals surface area contributed by atoms with Crippen LogP contribution < -0.4 is 11.2 Å². The van der Waals surface area contributed by atoms with Crippen molar-refractivity contribution in [3.05, 3.63) is 35.7 Å². The molecule has 1 amide bonds. The van der Waals surface area contributed by atoms with E-state index in [2.05, 4.69) is 22.4 Å². The molecule has 7 heteroatoms. The molecule has 112 valence electrons. The van der Waals surface area contributed by atoms with Crippen LogP contribution in [0.15, 0.2) is 29.4 Å². The fraction of sp³-hybridized carbons (Fsp3) is 0.357. The van der Waals surface area contributed by atoms with Crippen LogP contribution in [-0.4, -0.2) is 26.5 Å². The Kier molecular flexibility index (Phi) is 5.21. The smallest absolute Gasteiger partial charge is 0.234 e. The van der Waals surface area contributed by atoms with Gasteiger partial charge in [-0.3, -0.25) is 4.79 Å². The molecular weight excluding hydrogens is 286 g/mol. The average Bonchev–Trinajstić information content (AvgIpc) is 2.86. The van der Waals surface area contributed by atoms with E-state index in [-0.39, 0.29) is 11.7 Å². The third-order valence-corrected chi connectivity index (χ3v) is 3.97. The molecule has 0 radical (unpaired) electrons. The molecule has 0 unspecified atom stereocenters. The van der Waals surface area contributed by atoms with Gasteiger partial charge in [0.1, 0.15) is 0 Å². The number of amides is 1. The zero-order chi connectivity index (χ0) is 15.2. The predicted molar refractivity (Wildman–Crippen MR) is 84.7 cm³/mol. The molecule has 0 fully saturated rings. The van der Waals surface area contributed by atoms with Crippen LogP contribution in [0.25, 0.3) is 0 Å². The van der Waals surface area contributed by atoms with Crippen LogP contribution in [0, 0.1) is 0 Å². The summed E-state index contributed by atoms with van der Waals surface area (Å²) in [6, 6.07) is 7.82. The van der Waals surface area contributed by atoms with Crippen molar-refractivity contribution in [3.63, 3.8) is 0 Å². The van der Waals surface area contributed by atoms with Crippen molar-refractivity contribution in [1.82, 2.24) is 14.9 Å². The summed E-state index contributed by atoms with van der Waals surface area (Å²) < 4.78 is 1.42. The second-order valence-corrected chi connectivity index (χ2v) is 5.45. The van der Waals surface area contributed by atoms with Crippen LogP contribution in [0.3, 0.4) is 0 Å². The summed E-state index contributed by atoms with van der Waals surface area (Å²) in [6.07, 6.45) is 1.69. The highest BCUT2D eigenvalue weighted by Crippen LogP contribution is 2.16. The van der Waals surface area contributed by atoms with Gasteiger partial charge in [0, 0.05) is 12.1 Å². The maximum Gasteiger partial charge on any atom is 0.234 e. The monoisotopic (exact) mass is 305 g/mol. The number of nitrogen functional groups attached to an aromatic ring is 1. The average molecular weight is 305 g/mol. The number of nitrogens with zero attached hydrogens (tertiary/aromatic N) is 3. The molecule has 0 bridgehead atoms. The van der Waals surface area contributed by atoms with Crippen molar-refractivity contribution in [2.24, 2.45) is 0 Å². The molecule has 0 atom stereocenters. The van der Waals surface area contributed by atoms with E-state index in [0.717, 1.165) is 12.1 Å². The number of carbonyl (C=O) groups is 1. The molecule has 0 aliphatic heterocycles. The van der Waals surface area contributed by atoms with Crippen molar-refractivity contribution in [3.8, 4) is 0 Å². The van der Waals surface area contributed by atoms with Gasteiger partial charge in [-0.05, 0) is 24.1 Å². The van der Waals surface area contributed by atoms with Crippen LogP contribution in [0.5, 0.6) is 0 Å². The second-order valence-electron chi connectivity index (χ2n) is 4.51. The third kappa shape index (κ3) is 3.98. The molecule has 21 heavy (non-hydrogen) atoms. The Morgan fingerprint density at radius 3 is 2.52 bits per heavy atom. The molecule has 0 saturated heterocycles. The van der Waals surface area contributed by atoms with Crippen molar-refractivity contribution in [1.29, 1.82) is 0 Å². The van der Waals surface area contributed by atoms with Crippen LogP contribution in [0.2, 0.25) is 0 Å². The minimum absolute atomic E-state index is 0.0923. The summed E-state index contributed by atoms with van der Waals surface area (Å²) in [5.74, 6) is 6.68. The van der Waals surface area contributed by atoms with Gasteiger partial charge in [-0.2, -0.15) is 0 Å². The Balaban J connectivity index is 1.87. The Bertz CT molecular complexity index is 608. The lowest BCUT2D eigenvalue weighted by atomic mass is 10.1. The number of aromatic nitrogens is 3. The van der Waals surface area contributed by atoms with Crippen LogP contribution in [0.4, 0.5) is 5.69 Å². The van der Waals surface area contributed by atoms with E-state index in [1.54, 1.807) is 0 Å². The standard InChI is InChI=1S/C14H19N5OS/c1-3-10-5-7-11(8-6-10)16-13(20)9-21-14-18-17-12(4-2)19(14)15/h5-8H,3-4,9,15H2,1-2H3,(H,16,20). The van der Waals surface area contributed by atoms with Gasteiger partial charge in [-0.25, -0.2) is 4.68 Å². The normalized spacial score (nSPS) is 10.6. The number of hydrogen-bond donors (Lipinski definition) is 2. The molecule has 0 aliphatic carbocycles. The second kappa shape index (κ2) is 7.12. The lowest BCUT2D eigenvalue weighted by molar-refractivity contribution is -0.113. The van der Waals surface area contributed by atoms with E-state index in [1.807, 2.05) is 31.2 Å². The number of rotatable bonds is 6.